The van der Waals surface area contributed by atoms with Gasteiger partial charge in [0.2, 0.25) is 0 Å². The minimum Gasteiger partial charge on any atom is -0.411 e. The molecule has 0 aliphatic carbocycles. The van der Waals surface area contributed by atoms with E-state index in [1.807, 2.05) is 12.1 Å². The lowest BCUT2D eigenvalue weighted by atomic mass is 9.90. The fraction of sp³-hybridized carbons (Fsp3) is 0.500. The summed E-state index contributed by atoms with van der Waals surface area (Å²) in [6.45, 7) is 4.78. The third-order valence-corrected chi connectivity index (χ3v) is 4.37. The molecule has 2 N–H and O–H groups in total. The van der Waals surface area contributed by atoms with Gasteiger partial charge in [-0.1, -0.05) is 23.4 Å². The van der Waals surface area contributed by atoms with Gasteiger partial charge >= 0.3 is 0 Å². The van der Waals surface area contributed by atoms with Crippen molar-refractivity contribution in [2.45, 2.75) is 18.9 Å². The van der Waals surface area contributed by atoms with Crippen molar-refractivity contribution in [2.75, 3.05) is 37.9 Å². The van der Waals surface area contributed by atoms with Gasteiger partial charge in [-0.15, -0.1) is 0 Å². The highest BCUT2D eigenvalue weighted by molar-refractivity contribution is 6.09. The predicted octanol–water partition coefficient (Wildman–Crippen LogP) is 0.751. The molecule has 2 aliphatic rings. The summed E-state index contributed by atoms with van der Waals surface area (Å²) in [4.78, 5) is 16.6. The maximum Gasteiger partial charge on any atom is 0.265 e. The smallest absolute Gasteiger partial charge is 0.265 e. The van der Waals surface area contributed by atoms with Crippen LogP contribution in [0.25, 0.3) is 0 Å². The first-order valence-electron chi connectivity index (χ1n) is 7.68. The van der Waals surface area contributed by atoms with Crippen LogP contribution in [0.4, 0.5) is 5.69 Å². The fourth-order valence-electron chi connectivity index (χ4n) is 3.17. The number of hydrogen-bond acceptors (Lipinski definition) is 6. The normalized spacial score (nSPS) is 25.7. The Morgan fingerprint density at radius 1 is 1.35 bits per heavy atom. The average molecular weight is 319 g/mol. The second-order valence-corrected chi connectivity index (χ2v) is 5.99. The summed E-state index contributed by atoms with van der Waals surface area (Å²) in [6.07, 6.45) is -0.0288. The summed E-state index contributed by atoms with van der Waals surface area (Å²) >= 11 is 0. The molecule has 0 saturated carbocycles. The molecule has 1 fully saturated rings. The quantitative estimate of drug-likeness (QED) is 0.486. The number of morpholine rings is 1. The second-order valence-electron chi connectivity index (χ2n) is 5.99. The molecule has 1 amide bonds. The molecular formula is C16H21N3O4. The van der Waals surface area contributed by atoms with Gasteiger partial charge in [0.1, 0.15) is 0 Å². The summed E-state index contributed by atoms with van der Waals surface area (Å²) < 4.78 is 5.33. The summed E-state index contributed by atoms with van der Waals surface area (Å²) in [5.41, 5.74) is -0.110. The highest BCUT2D eigenvalue weighted by Gasteiger charge is 2.50. The lowest BCUT2D eigenvalue weighted by molar-refractivity contribution is -0.136. The van der Waals surface area contributed by atoms with Crippen molar-refractivity contribution in [1.82, 2.24) is 4.90 Å². The average Bonchev–Trinajstić information content (AvgIpc) is 2.78. The number of aliphatic hydroxyl groups is 1. The largest absolute Gasteiger partial charge is 0.411 e. The van der Waals surface area contributed by atoms with Crippen molar-refractivity contribution >= 4 is 17.3 Å². The number of carbonyl (C=O) groups is 1. The Kier molecular flexibility index (Phi) is 4.34. The van der Waals surface area contributed by atoms with E-state index in [1.54, 1.807) is 24.0 Å². The van der Waals surface area contributed by atoms with E-state index in [1.165, 1.54) is 0 Å². The van der Waals surface area contributed by atoms with Crippen LogP contribution >= 0.6 is 0 Å². The van der Waals surface area contributed by atoms with Crippen LogP contribution < -0.4 is 4.90 Å². The number of rotatable bonds is 4. The molecule has 2 aliphatic heterocycles. The van der Waals surface area contributed by atoms with Crippen molar-refractivity contribution in [2.24, 2.45) is 5.16 Å². The minimum atomic E-state index is -1.68. The molecule has 0 radical (unpaired) electrons. The van der Waals surface area contributed by atoms with E-state index < -0.39 is 5.60 Å². The van der Waals surface area contributed by atoms with E-state index in [0.29, 0.717) is 36.8 Å². The van der Waals surface area contributed by atoms with Gasteiger partial charge in [-0.25, -0.2) is 0 Å². The molecular weight excluding hydrogens is 298 g/mol. The molecule has 1 aromatic rings. The Morgan fingerprint density at radius 3 is 2.74 bits per heavy atom. The first-order chi connectivity index (χ1) is 11.1. The topological polar surface area (TPSA) is 85.6 Å². The van der Waals surface area contributed by atoms with Gasteiger partial charge in [0.25, 0.3) is 5.91 Å². The Bertz CT molecular complexity index is 628. The molecule has 1 aromatic carbocycles. The molecule has 23 heavy (non-hydrogen) atoms. The number of hydrogen-bond donors (Lipinski definition) is 2. The molecule has 3 rings (SSSR count). The SMILES string of the molecule is C/C(CC1(O)C(=O)N(CN2CCOCC2)c2ccccc21)=N\O. The van der Waals surface area contributed by atoms with Crippen LogP contribution in [-0.2, 0) is 15.1 Å². The van der Waals surface area contributed by atoms with Gasteiger partial charge < -0.3 is 15.1 Å². The van der Waals surface area contributed by atoms with E-state index >= 15 is 0 Å². The number of fused-ring (bicyclic) bond motifs is 1. The third-order valence-electron chi connectivity index (χ3n) is 4.37. The van der Waals surface area contributed by atoms with E-state index in [2.05, 4.69) is 10.1 Å². The van der Waals surface area contributed by atoms with E-state index in [0.717, 1.165) is 13.1 Å². The molecule has 1 atom stereocenters. The highest BCUT2D eigenvalue weighted by atomic mass is 16.5. The van der Waals surface area contributed by atoms with Crippen LogP contribution in [0.3, 0.4) is 0 Å². The van der Waals surface area contributed by atoms with Gasteiger partial charge in [0.05, 0.1) is 31.3 Å². The van der Waals surface area contributed by atoms with Crippen LogP contribution in [-0.4, -0.2) is 59.8 Å². The Balaban J connectivity index is 1.91. The number of oxime groups is 1. The van der Waals surface area contributed by atoms with Gasteiger partial charge in [0.15, 0.2) is 5.60 Å². The zero-order valence-electron chi connectivity index (χ0n) is 13.1. The number of para-hydroxylation sites is 1. The number of ether oxygens (including phenoxy) is 1. The molecule has 0 bridgehead atoms. The highest BCUT2D eigenvalue weighted by Crippen LogP contribution is 2.42. The van der Waals surface area contributed by atoms with E-state index in [-0.39, 0.29) is 12.3 Å². The standard InChI is InChI=1S/C16H21N3O4/c1-12(17-22)10-16(21)13-4-2-3-5-14(13)19(15(16)20)11-18-6-8-23-9-7-18/h2-5,21-22H,6-11H2,1H3/b17-12+. The van der Waals surface area contributed by atoms with Crippen molar-refractivity contribution < 1.29 is 19.8 Å². The molecule has 7 heteroatoms. The summed E-state index contributed by atoms with van der Waals surface area (Å²) in [6, 6.07) is 7.21. The Morgan fingerprint density at radius 2 is 2.04 bits per heavy atom. The molecule has 0 spiro atoms. The zero-order chi connectivity index (χ0) is 16.4. The first-order valence-corrected chi connectivity index (χ1v) is 7.68. The van der Waals surface area contributed by atoms with Gasteiger partial charge in [-0.2, -0.15) is 0 Å². The van der Waals surface area contributed by atoms with E-state index in [4.69, 9.17) is 9.94 Å². The predicted molar refractivity (Wildman–Crippen MR) is 84.6 cm³/mol. The van der Waals surface area contributed by atoms with Gasteiger partial charge in [-0.3, -0.25) is 14.6 Å². The maximum absolute atomic E-state index is 12.9. The molecule has 1 unspecified atom stereocenters. The summed E-state index contributed by atoms with van der Waals surface area (Å²) in [7, 11) is 0. The number of anilines is 1. The van der Waals surface area contributed by atoms with E-state index in [9.17, 15) is 9.90 Å². The van der Waals surface area contributed by atoms with Crippen LogP contribution in [0.2, 0.25) is 0 Å². The van der Waals surface area contributed by atoms with Gasteiger partial charge in [0, 0.05) is 25.1 Å². The van der Waals surface area contributed by atoms with Crippen LogP contribution in [0.15, 0.2) is 29.4 Å². The number of carbonyl (C=O) groups excluding carboxylic acids is 1. The third kappa shape index (κ3) is 2.83. The molecule has 0 aromatic heterocycles. The first kappa shape index (κ1) is 15.9. The van der Waals surface area contributed by atoms with Crippen LogP contribution in [0.5, 0.6) is 0 Å². The lowest BCUT2D eigenvalue weighted by Gasteiger charge is -2.31. The van der Waals surface area contributed by atoms with Gasteiger partial charge in [-0.05, 0) is 13.0 Å². The fourth-order valence-corrected chi connectivity index (χ4v) is 3.17. The monoisotopic (exact) mass is 319 g/mol. The minimum absolute atomic E-state index is 0.0288. The molecule has 124 valence electrons. The number of benzene rings is 1. The number of amides is 1. The maximum atomic E-state index is 12.9. The molecule has 2 heterocycles. The molecule has 1 saturated heterocycles. The number of nitrogens with zero attached hydrogens (tertiary/aromatic N) is 3. The lowest BCUT2D eigenvalue weighted by Crippen LogP contribution is -2.48. The Labute approximate surface area is 134 Å². The summed E-state index contributed by atoms with van der Waals surface area (Å²) in [5.74, 6) is -0.381. The van der Waals surface area contributed by atoms with Crippen molar-refractivity contribution in [3.63, 3.8) is 0 Å². The van der Waals surface area contributed by atoms with Crippen LogP contribution in [0, 0.1) is 0 Å². The zero-order valence-corrected chi connectivity index (χ0v) is 13.1. The summed E-state index contributed by atoms with van der Waals surface area (Å²) in [5, 5.41) is 23.0. The second kappa shape index (κ2) is 6.27. The van der Waals surface area contributed by atoms with Crippen molar-refractivity contribution in [3.8, 4) is 0 Å². The Hall–Kier alpha value is -1.96. The van der Waals surface area contributed by atoms with Crippen molar-refractivity contribution in [3.05, 3.63) is 29.8 Å². The molecule has 7 nitrogen and oxygen atoms in total. The van der Waals surface area contributed by atoms with Crippen LogP contribution in [0.1, 0.15) is 18.9 Å². The van der Waals surface area contributed by atoms with Crippen molar-refractivity contribution in [1.29, 1.82) is 0 Å².